The minimum absolute atomic E-state index is 0.131. The molecule has 0 bridgehead atoms. The summed E-state index contributed by atoms with van der Waals surface area (Å²) in [6, 6.07) is 21.0. The van der Waals surface area contributed by atoms with Crippen LogP contribution in [0.2, 0.25) is 5.02 Å². The standard InChI is InChI=1S/C19H14ClN3O2S/c20-15-9-11-16(12-10-15)26(24,25)22-19-18(14-6-2-1-3-7-14)21-17-8-4-5-13-23(17)19/h1-13,22H. The van der Waals surface area contributed by atoms with Gasteiger partial charge in [-0.2, -0.15) is 0 Å². The first-order valence-electron chi connectivity index (χ1n) is 7.85. The lowest BCUT2D eigenvalue weighted by molar-refractivity contribution is 0.601. The van der Waals surface area contributed by atoms with Crippen LogP contribution in [0.5, 0.6) is 0 Å². The molecule has 0 aliphatic rings. The van der Waals surface area contributed by atoms with E-state index in [1.54, 1.807) is 22.7 Å². The minimum atomic E-state index is -3.79. The van der Waals surface area contributed by atoms with Crippen LogP contribution in [-0.4, -0.2) is 17.8 Å². The summed E-state index contributed by atoms with van der Waals surface area (Å²) < 4.78 is 30.1. The molecule has 2 aromatic heterocycles. The van der Waals surface area contributed by atoms with Crippen LogP contribution in [0.1, 0.15) is 0 Å². The first kappa shape index (κ1) is 16.6. The van der Waals surface area contributed by atoms with Gasteiger partial charge in [0, 0.05) is 16.8 Å². The van der Waals surface area contributed by atoms with Gasteiger partial charge < -0.3 is 0 Å². The molecule has 0 atom stereocenters. The van der Waals surface area contributed by atoms with Gasteiger partial charge in [-0.25, -0.2) is 13.4 Å². The molecule has 2 aromatic carbocycles. The Hall–Kier alpha value is -2.83. The van der Waals surface area contributed by atoms with Gasteiger partial charge in [0.2, 0.25) is 0 Å². The molecule has 130 valence electrons. The Balaban J connectivity index is 1.86. The summed E-state index contributed by atoms with van der Waals surface area (Å²) >= 11 is 5.86. The average Bonchev–Trinajstić information content (AvgIpc) is 3.01. The summed E-state index contributed by atoms with van der Waals surface area (Å²) in [7, 11) is -3.79. The predicted octanol–water partition coefficient (Wildman–Crippen LogP) is 4.46. The molecule has 0 unspecified atom stereocenters. The fraction of sp³-hybridized carbons (Fsp3) is 0. The fourth-order valence-corrected chi connectivity index (χ4v) is 3.88. The van der Waals surface area contributed by atoms with Crippen molar-refractivity contribution in [2.75, 3.05) is 4.72 Å². The smallest absolute Gasteiger partial charge is 0.263 e. The van der Waals surface area contributed by atoms with Gasteiger partial charge in [-0.15, -0.1) is 0 Å². The molecule has 0 saturated heterocycles. The summed E-state index contributed by atoms with van der Waals surface area (Å²) in [5, 5.41) is 0.476. The highest BCUT2D eigenvalue weighted by Crippen LogP contribution is 2.30. The Morgan fingerprint density at radius 1 is 0.885 bits per heavy atom. The molecule has 0 aliphatic carbocycles. The maximum absolute atomic E-state index is 12.8. The molecule has 4 aromatic rings. The number of anilines is 1. The van der Waals surface area contributed by atoms with Gasteiger partial charge in [-0.1, -0.05) is 48.0 Å². The molecule has 26 heavy (non-hydrogen) atoms. The highest BCUT2D eigenvalue weighted by Gasteiger charge is 2.21. The zero-order chi connectivity index (χ0) is 18.1. The number of sulfonamides is 1. The number of fused-ring (bicyclic) bond motifs is 1. The fourth-order valence-electron chi connectivity index (χ4n) is 2.69. The SMILES string of the molecule is O=S(=O)(Nc1c(-c2ccccc2)nc2ccccn12)c1ccc(Cl)cc1. The van der Waals surface area contributed by atoms with E-state index >= 15 is 0 Å². The van der Waals surface area contributed by atoms with E-state index in [4.69, 9.17) is 11.6 Å². The van der Waals surface area contributed by atoms with Gasteiger partial charge in [-0.3, -0.25) is 9.12 Å². The van der Waals surface area contributed by atoms with Crippen LogP contribution in [0.15, 0.2) is 83.9 Å². The number of benzene rings is 2. The number of hydrogen-bond donors (Lipinski definition) is 1. The van der Waals surface area contributed by atoms with Gasteiger partial charge in [-0.05, 0) is 36.4 Å². The van der Waals surface area contributed by atoms with Crippen LogP contribution in [0.4, 0.5) is 5.82 Å². The molecule has 0 fully saturated rings. The highest BCUT2D eigenvalue weighted by molar-refractivity contribution is 7.92. The number of nitrogens with one attached hydrogen (secondary N) is 1. The first-order chi connectivity index (χ1) is 12.5. The van der Waals surface area contributed by atoms with Gasteiger partial charge in [0.15, 0.2) is 5.82 Å². The molecule has 7 heteroatoms. The van der Waals surface area contributed by atoms with Gasteiger partial charge in [0.1, 0.15) is 11.3 Å². The summed E-state index contributed by atoms with van der Waals surface area (Å²) in [6.07, 6.45) is 1.77. The third-order valence-electron chi connectivity index (χ3n) is 3.93. The highest BCUT2D eigenvalue weighted by atomic mass is 35.5. The predicted molar refractivity (Wildman–Crippen MR) is 103 cm³/mol. The number of rotatable bonds is 4. The van der Waals surface area contributed by atoms with Crippen molar-refractivity contribution in [3.8, 4) is 11.3 Å². The normalized spacial score (nSPS) is 11.6. The number of hydrogen-bond acceptors (Lipinski definition) is 3. The Kier molecular flexibility index (Phi) is 4.14. The van der Waals surface area contributed by atoms with Crippen molar-refractivity contribution in [1.29, 1.82) is 0 Å². The third-order valence-corrected chi connectivity index (χ3v) is 5.54. The second kappa shape index (κ2) is 6.48. The first-order valence-corrected chi connectivity index (χ1v) is 9.72. The quantitative estimate of drug-likeness (QED) is 0.566. The number of halogens is 1. The van der Waals surface area contributed by atoms with E-state index < -0.39 is 10.0 Å². The van der Waals surface area contributed by atoms with Gasteiger partial charge in [0.25, 0.3) is 10.0 Å². The van der Waals surface area contributed by atoms with Crippen molar-refractivity contribution in [1.82, 2.24) is 9.38 Å². The third kappa shape index (κ3) is 3.05. The minimum Gasteiger partial charge on any atom is -0.285 e. The number of aromatic nitrogens is 2. The van der Waals surface area contributed by atoms with Crippen LogP contribution in [0.25, 0.3) is 16.9 Å². The molecule has 5 nitrogen and oxygen atoms in total. The summed E-state index contributed by atoms with van der Waals surface area (Å²) in [5.41, 5.74) is 2.04. The zero-order valence-corrected chi connectivity index (χ0v) is 15.1. The van der Waals surface area contributed by atoms with E-state index in [-0.39, 0.29) is 4.90 Å². The molecule has 4 rings (SSSR count). The monoisotopic (exact) mass is 383 g/mol. The lowest BCUT2D eigenvalue weighted by Gasteiger charge is -2.10. The van der Waals surface area contributed by atoms with E-state index in [0.29, 0.717) is 22.2 Å². The maximum atomic E-state index is 12.8. The van der Waals surface area contributed by atoms with Crippen molar-refractivity contribution < 1.29 is 8.42 Å². The maximum Gasteiger partial charge on any atom is 0.263 e. The lowest BCUT2D eigenvalue weighted by Crippen LogP contribution is -2.14. The molecule has 0 amide bonds. The molecule has 0 aliphatic heterocycles. The van der Waals surface area contributed by atoms with Crippen molar-refractivity contribution in [3.05, 3.63) is 84.0 Å². The molecule has 0 saturated carbocycles. The second-order valence-corrected chi connectivity index (χ2v) is 7.78. The molecular formula is C19H14ClN3O2S. The Bertz CT molecular complexity index is 1170. The number of pyridine rings is 1. The van der Waals surface area contributed by atoms with E-state index in [1.807, 2.05) is 48.5 Å². The van der Waals surface area contributed by atoms with Crippen LogP contribution >= 0.6 is 11.6 Å². The topological polar surface area (TPSA) is 63.5 Å². The summed E-state index contributed by atoms with van der Waals surface area (Å²) in [4.78, 5) is 4.72. The second-order valence-electron chi connectivity index (χ2n) is 5.66. The lowest BCUT2D eigenvalue weighted by atomic mass is 10.1. The Morgan fingerprint density at radius 3 is 2.31 bits per heavy atom. The van der Waals surface area contributed by atoms with E-state index in [1.165, 1.54) is 12.1 Å². The van der Waals surface area contributed by atoms with E-state index in [9.17, 15) is 8.42 Å². The molecule has 1 N–H and O–H groups in total. The zero-order valence-electron chi connectivity index (χ0n) is 13.5. The van der Waals surface area contributed by atoms with Crippen LogP contribution in [0, 0.1) is 0 Å². The van der Waals surface area contributed by atoms with Crippen LogP contribution in [-0.2, 0) is 10.0 Å². The van der Waals surface area contributed by atoms with Crippen molar-refractivity contribution in [3.63, 3.8) is 0 Å². The van der Waals surface area contributed by atoms with E-state index in [2.05, 4.69) is 9.71 Å². The summed E-state index contributed by atoms with van der Waals surface area (Å²) in [5.74, 6) is 0.391. The molecule has 2 heterocycles. The van der Waals surface area contributed by atoms with Crippen molar-refractivity contribution in [2.24, 2.45) is 0 Å². The molecule has 0 radical (unpaired) electrons. The Labute approximate surface area is 155 Å². The van der Waals surface area contributed by atoms with Crippen LogP contribution < -0.4 is 4.72 Å². The van der Waals surface area contributed by atoms with E-state index in [0.717, 1.165) is 5.56 Å². The number of nitrogens with zero attached hydrogens (tertiary/aromatic N) is 2. The molecule has 0 spiro atoms. The Morgan fingerprint density at radius 2 is 1.58 bits per heavy atom. The number of imidazole rings is 1. The van der Waals surface area contributed by atoms with Gasteiger partial charge in [0.05, 0.1) is 4.90 Å². The van der Waals surface area contributed by atoms with Crippen molar-refractivity contribution >= 4 is 33.1 Å². The van der Waals surface area contributed by atoms with Crippen LogP contribution in [0.3, 0.4) is 0 Å². The largest absolute Gasteiger partial charge is 0.285 e. The van der Waals surface area contributed by atoms with Crippen molar-refractivity contribution in [2.45, 2.75) is 4.90 Å². The summed E-state index contributed by atoms with van der Waals surface area (Å²) in [6.45, 7) is 0. The van der Waals surface area contributed by atoms with Gasteiger partial charge >= 0.3 is 0 Å². The molecular weight excluding hydrogens is 370 g/mol. The average molecular weight is 384 g/mol.